The lowest BCUT2D eigenvalue weighted by molar-refractivity contribution is -0.139. The van der Waals surface area contributed by atoms with Crippen molar-refractivity contribution >= 4 is 29.5 Å². The number of amides is 2. The van der Waals surface area contributed by atoms with E-state index in [4.69, 9.17) is 0 Å². The van der Waals surface area contributed by atoms with Crippen molar-refractivity contribution in [2.24, 2.45) is 0 Å². The highest BCUT2D eigenvalue weighted by atomic mass is 16.5. The van der Waals surface area contributed by atoms with Gasteiger partial charge in [0.25, 0.3) is 0 Å². The minimum Gasteiger partial charge on any atom is -0.469 e. The molecule has 6 heteroatoms. The van der Waals surface area contributed by atoms with Gasteiger partial charge in [0.15, 0.2) is 0 Å². The highest BCUT2D eigenvalue weighted by Gasteiger charge is 2.28. The van der Waals surface area contributed by atoms with Crippen LogP contribution in [-0.4, -0.2) is 29.8 Å². The van der Waals surface area contributed by atoms with Crippen molar-refractivity contribution < 1.29 is 19.1 Å². The third kappa shape index (κ3) is 4.46. The van der Waals surface area contributed by atoms with Crippen LogP contribution in [0.25, 0.3) is 6.08 Å². The highest BCUT2D eigenvalue weighted by molar-refractivity contribution is 5.92. The van der Waals surface area contributed by atoms with Crippen LogP contribution in [0.1, 0.15) is 36.1 Å². The van der Waals surface area contributed by atoms with Gasteiger partial charge < -0.3 is 15.0 Å². The van der Waals surface area contributed by atoms with E-state index in [9.17, 15) is 14.4 Å². The van der Waals surface area contributed by atoms with Crippen molar-refractivity contribution in [1.29, 1.82) is 0 Å². The van der Waals surface area contributed by atoms with Gasteiger partial charge in [-0.15, -0.1) is 0 Å². The second-order valence-corrected chi connectivity index (χ2v) is 6.59. The van der Waals surface area contributed by atoms with E-state index in [1.807, 2.05) is 30.3 Å². The van der Waals surface area contributed by atoms with Crippen LogP contribution in [0.4, 0.5) is 5.69 Å². The molecular formula is C22H22N2O4. The average Bonchev–Trinajstić information content (AvgIpc) is 2.69. The van der Waals surface area contributed by atoms with E-state index >= 15 is 0 Å². The molecular weight excluding hydrogens is 356 g/mol. The first-order valence-electron chi connectivity index (χ1n) is 8.99. The lowest BCUT2D eigenvalue weighted by Crippen LogP contribution is -2.33. The summed E-state index contributed by atoms with van der Waals surface area (Å²) in [6.07, 6.45) is 3.93. The first kappa shape index (κ1) is 19.4. The van der Waals surface area contributed by atoms with E-state index < -0.39 is 0 Å². The summed E-state index contributed by atoms with van der Waals surface area (Å²) in [6.45, 7) is 1.49. The van der Waals surface area contributed by atoms with Crippen LogP contribution in [0.2, 0.25) is 0 Å². The second kappa shape index (κ2) is 8.52. The molecule has 28 heavy (non-hydrogen) atoms. The summed E-state index contributed by atoms with van der Waals surface area (Å²) in [6, 6.07) is 14.4. The van der Waals surface area contributed by atoms with Crippen LogP contribution in [-0.2, 0) is 25.5 Å². The minimum absolute atomic E-state index is 0.115. The molecule has 0 bridgehead atoms. The molecule has 2 aromatic rings. The predicted molar refractivity (Wildman–Crippen MR) is 106 cm³/mol. The second-order valence-electron chi connectivity index (χ2n) is 6.59. The van der Waals surface area contributed by atoms with E-state index in [-0.39, 0.29) is 36.7 Å². The van der Waals surface area contributed by atoms with Crippen LogP contribution in [0, 0.1) is 0 Å². The molecule has 1 heterocycles. The summed E-state index contributed by atoms with van der Waals surface area (Å²) < 4.78 is 4.65. The number of hydrogen-bond acceptors (Lipinski definition) is 4. The predicted octanol–water partition coefficient (Wildman–Crippen LogP) is 3.30. The number of nitrogens with one attached hydrogen (secondary N) is 1. The van der Waals surface area contributed by atoms with Gasteiger partial charge in [0.2, 0.25) is 11.8 Å². The Morgan fingerprint density at radius 1 is 1.07 bits per heavy atom. The summed E-state index contributed by atoms with van der Waals surface area (Å²) in [4.78, 5) is 37.5. The van der Waals surface area contributed by atoms with Crippen LogP contribution in [0.3, 0.4) is 0 Å². The quantitative estimate of drug-likeness (QED) is 0.810. The number of carbonyl (C=O) groups is 3. The van der Waals surface area contributed by atoms with Crippen molar-refractivity contribution in [3.05, 3.63) is 71.4 Å². The fourth-order valence-corrected chi connectivity index (χ4v) is 3.25. The summed E-state index contributed by atoms with van der Waals surface area (Å²) in [7, 11) is 1.35. The molecule has 0 saturated carbocycles. The molecule has 1 aliphatic rings. The first-order valence-corrected chi connectivity index (χ1v) is 8.99. The minimum atomic E-state index is -0.350. The highest BCUT2D eigenvalue weighted by Crippen LogP contribution is 2.33. The van der Waals surface area contributed by atoms with Crippen LogP contribution in [0.5, 0.6) is 0 Å². The third-order valence-electron chi connectivity index (χ3n) is 4.66. The van der Waals surface area contributed by atoms with Gasteiger partial charge in [-0.1, -0.05) is 36.4 Å². The molecule has 0 saturated heterocycles. The van der Waals surface area contributed by atoms with Crippen molar-refractivity contribution in [2.75, 3.05) is 12.4 Å². The Labute approximate surface area is 163 Å². The van der Waals surface area contributed by atoms with Crippen LogP contribution < -0.4 is 5.32 Å². The van der Waals surface area contributed by atoms with E-state index in [0.717, 1.165) is 16.7 Å². The lowest BCUT2D eigenvalue weighted by Gasteiger charge is -2.32. The van der Waals surface area contributed by atoms with Gasteiger partial charge in [-0.05, 0) is 34.9 Å². The Morgan fingerprint density at radius 3 is 2.46 bits per heavy atom. The molecule has 0 unspecified atom stereocenters. The fourth-order valence-electron chi connectivity index (χ4n) is 3.25. The molecule has 3 rings (SSSR count). The summed E-state index contributed by atoms with van der Waals surface area (Å²) >= 11 is 0. The Bertz CT molecular complexity index is 918. The molecule has 144 valence electrons. The zero-order valence-corrected chi connectivity index (χ0v) is 15.8. The topological polar surface area (TPSA) is 75.7 Å². The number of fused-ring (bicyclic) bond motifs is 1. The Kier molecular flexibility index (Phi) is 5.89. The number of rotatable bonds is 5. The molecule has 2 amide bonds. The zero-order chi connectivity index (χ0) is 20.1. The van der Waals surface area contributed by atoms with Crippen molar-refractivity contribution in [3.63, 3.8) is 0 Å². The van der Waals surface area contributed by atoms with Crippen molar-refractivity contribution in [1.82, 2.24) is 4.90 Å². The smallest absolute Gasteiger partial charge is 0.309 e. The maximum absolute atomic E-state index is 12.6. The Balaban J connectivity index is 1.70. The van der Waals surface area contributed by atoms with E-state index in [0.29, 0.717) is 5.69 Å². The number of esters is 1. The summed E-state index contributed by atoms with van der Waals surface area (Å²) in [5, 5.41) is 2.86. The number of anilines is 1. The van der Waals surface area contributed by atoms with E-state index in [1.54, 1.807) is 35.4 Å². The van der Waals surface area contributed by atoms with Gasteiger partial charge >= 0.3 is 5.97 Å². The number of carbonyl (C=O) groups excluding carboxylic acids is 3. The third-order valence-corrected chi connectivity index (χ3v) is 4.66. The molecule has 0 fully saturated rings. The lowest BCUT2D eigenvalue weighted by atomic mass is 9.93. The number of hydrogen-bond donors (Lipinski definition) is 1. The van der Waals surface area contributed by atoms with Crippen molar-refractivity contribution in [3.8, 4) is 0 Å². The molecule has 0 aromatic heterocycles. The fraction of sp³-hybridized carbons (Fsp3) is 0.227. The number of ether oxygens (including phenoxy) is 1. The molecule has 1 atom stereocenters. The number of nitrogens with zero attached hydrogens (tertiary/aromatic N) is 1. The monoisotopic (exact) mass is 378 g/mol. The van der Waals surface area contributed by atoms with Gasteiger partial charge in [0, 0.05) is 18.8 Å². The SMILES string of the molecule is COC(=O)Cc1ccc(NC(=O)C[C@H]2c3ccccc3C=CN2C(C)=O)cc1. The van der Waals surface area contributed by atoms with Crippen molar-refractivity contribution in [2.45, 2.75) is 25.8 Å². The normalized spacial score (nSPS) is 14.9. The molecule has 0 spiro atoms. The average molecular weight is 378 g/mol. The van der Waals surface area contributed by atoms with E-state index in [1.165, 1.54) is 14.0 Å². The largest absolute Gasteiger partial charge is 0.469 e. The van der Waals surface area contributed by atoms with Gasteiger partial charge in [0.1, 0.15) is 0 Å². The number of methoxy groups -OCH3 is 1. The standard InChI is InChI=1S/C22H22N2O4/c1-15(25)24-12-11-17-5-3-4-6-19(17)20(24)14-21(26)23-18-9-7-16(8-10-18)13-22(27)28-2/h3-12,20H,13-14H2,1-2H3,(H,23,26)/t20-/m0/s1. The van der Waals surface area contributed by atoms with E-state index in [2.05, 4.69) is 10.1 Å². The molecule has 0 aliphatic carbocycles. The Hall–Kier alpha value is -3.41. The summed E-state index contributed by atoms with van der Waals surface area (Å²) in [5.41, 5.74) is 3.39. The molecule has 1 N–H and O–H groups in total. The number of benzene rings is 2. The molecule has 6 nitrogen and oxygen atoms in total. The zero-order valence-electron chi connectivity index (χ0n) is 15.8. The summed E-state index contributed by atoms with van der Waals surface area (Å²) in [5.74, 6) is -0.622. The first-order chi connectivity index (χ1) is 13.5. The Morgan fingerprint density at radius 2 is 1.79 bits per heavy atom. The molecule has 0 radical (unpaired) electrons. The van der Waals surface area contributed by atoms with Gasteiger partial charge in [-0.2, -0.15) is 0 Å². The maximum atomic E-state index is 12.6. The van der Waals surface area contributed by atoms with Gasteiger partial charge in [-0.3, -0.25) is 14.4 Å². The molecule has 2 aromatic carbocycles. The van der Waals surface area contributed by atoms with Crippen LogP contribution >= 0.6 is 0 Å². The van der Waals surface area contributed by atoms with Crippen LogP contribution in [0.15, 0.2) is 54.7 Å². The van der Waals surface area contributed by atoms with Gasteiger partial charge in [0.05, 0.1) is 26.0 Å². The maximum Gasteiger partial charge on any atom is 0.309 e. The van der Waals surface area contributed by atoms with Gasteiger partial charge in [-0.25, -0.2) is 0 Å². The molecule has 1 aliphatic heterocycles.